The number of ether oxygens (including phenoxy) is 2. The Kier molecular flexibility index (Phi) is 6.26. The number of hydrogen-bond donors (Lipinski definition) is 2. The Labute approximate surface area is 194 Å². The molecule has 5 rings (SSSR count). The van der Waals surface area contributed by atoms with Crippen LogP contribution < -0.4 is 10.1 Å². The fourth-order valence-corrected chi connectivity index (χ4v) is 5.39. The van der Waals surface area contributed by atoms with E-state index in [9.17, 15) is 9.90 Å². The van der Waals surface area contributed by atoms with Crippen LogP contribution >= 0.6 is 0 Å². The molecule has 0 unspecified atom stereocenters. The quantitative estimate of drug-likeness (QED) is 0.709. The number of rotatable bonds is 3. The fourth-order valence-electron chi connectivity index (χ4n) is 5.39. The molecule has 0 aromatic heterocycles. The predicted octanol–water partition coefficient (Wildman–Crippen LogP) is 3.20. The molecule has 0 bridgehead atoms. The summed E-state index contributed by atoms with van der Waals surface area (Å²) >= 11 is 0. The van der Waals surface area contributed by atoms with E-state index in [1.807, 2.05) is 36.4 Å². The summed E-state index contributed by atoms with van der Waals surface area (Å²) in [5, 5.41) is 13.5. The maximum atomic E-state index is 13.5. The zero-order valence-electron chi connectivity index (χ0n) is 18.9. The van der Waals surface area contributed by atoms with Crippen molar-refractivity contribution in [1.82, 2.24) is 4.90 Å². The Morgan fingerprint density at radius 2 is 1.85 bits per heavy atom. The molecular formula is C27H30N2O4. The van der Waals surface area contributed by atoms with Gasteiger partial charge in [-0.25, -0.2) is 0 Å². The van der Waals surface area contributed by atoms with E-state index in [2.05, 4.69) is 28.1 Å². The number of aliphatic hydroxyl groups is 1. The van der Waals surface area contributed by atoms with Crippen molar-refractivity contribution in [2.24, 2.45) is 11.8 Å². The molecule has 2 aromatic rings. The zero-order valence-corrected chi connectivity index (χ0v) is 18.9. The van der Waals surface area contributed by atoms with Crippen molar-refractivity contribution in [3.05, 3.63) is 59.2 Å². The molecule has 0 spiro atoms. The molecule has 3 aliphatic heterocycles. The first-order chi connectivity index (χ1) is 16.2. The number of hydrogen-bond acceptors (Lipinski definition) is 5. The molecule has 0 saturated carbocycles. The molecule has 3 atom stereocenters. The molecule has 172 valence electrons. The van der Waals surface area contributed by atoms with E-state index in [1.165, 1.54) is 0 Å². The lowest BCUT2D eigenvalue weighted by molar-refractivity contribution is -0.140. The second-order valence-corrected chi connectivity index (χ2v) is 9.03. The highest BCUT2D eigenvalue weighted by Crippen LogP contribution is 2.47. The van der Waals surface area contributed by atoms with Gasteiger partial charge in [0.1, 0.15) is 5.75 Å². The van der Waals surface area contributed by atoms with Gasteiger partial charge in [-0.1, -0.05) is 11.8 Å². The molecule has 1 amide bonds. The first-order valence-corrected chi connectivity index (χ1v) is 11.7. The molecule has 33 heavy (non-hydrogen) atoms. The summed E-state index contributed by atoms with van der Waals surface area (Å²) in [6, 6.07) is 13.7. The van der Waals surface area contributed by atoms with Crippen LogP contribution in [-0.4, -0.2) is 55.4 Å². The monoisotopic (exact) mass is 446 g/mol. The summed E-state index contributed by atoms with van der Waals surface area (Å²) in [5.41, 5.74) is 3.92. The molecule has 2 saturated heterocycles. The summed E-state index contributed by atoms with van der Waals surface area (Å²) in [6.07, 6.45) is 2.46. The third kappa shape index (κ3) is 4.31. The smallest absolute Gasteiger partial charge is 0.226 e. The van der Waals surface area contributed by atoms with Crippen LogP contribution in [0.3, 0.4) is 0 Å². The minimum atomic E-state index is -0.0498. The van der Waals surface area contributed by atoms with Crippen molar-refractivity contribution in [1.29, 1.82) is 0 Å². The predicted molar refractivity (Wildman–Crippen MR) is 126 cm³/mol. The Hall–Kier alpha value is -3.01. The van der Waals surface area contributed by atoms with Gasteiger partial charge < -0.3 is 24.8 Å². The van der Waals surface area contributed by atoms with Crippen LogP contribution in [0.1, 0.15) is 42.0 Å². The molecule has 2 fully saturated rings. The van der Waals surface area contributed by atoms with Crippen molar-refractivity contribution < 1.29 is 19.4 Å². The molecule has 6 heteroatoms. The Morgan fingerprint density at radius 3 is 2.58 bits per heavy atom. The highest BCUT2D eigenvalue weighted by atomic mass is 16.5. The number of aliphatic hydroxyl groups excluding tert-OH is 1. The van der Waals surface area contributed by atoms with Crippen LogP contribution in [0.2, 0.25) is 0 Å². The highest BCUT2D eigenvalue weighted by molar-refractivity contribution is 5.80. The van der Waals surface area contributed by atoms with Gasteiger partial charge in [-0.05, 0) is 67.3 Å². The van der Waals surface area contributed by atoms with Gasteiger partial charge in [0.2, 0.25) is 5.91 Å². The second-order valence-electron chi connectivity index (χ2n) is 9.03. The Morgan fingerprint density at radius 1 is 1.12 bits per heavy atom. The lowest BCUT2D eigenvalue weighted by Gasteiger charge is -2.40. The standard InChI is InChI=1S/C27H30N2O4/c1-32-21-7-4-18(5-8-21)2-3-19-6-9-24-23(16-19)26-22(25(17-30)28-24)10-13-29(26)27(31)20-11-14-33-15-12-20/h4-9,16,20,22,25-26,28,30H,10-15,17H2,1H3/t22-,25+,26+/m0/s1. The summed E-state index contributed by atoms with van der Waals surface area (Å²) in [6.45, 7) is 2.09. The Bertz CT molecular complexity index is 1070. The van der Waals surface area contributed by atoms with E-state index >= 15 is 0 Å². The van der Waals surface area contributed by atoms with Crippen LogP contribution in [-0.2, 0) is 9.53 Å². The molecule has 2 N–H and O–H groups in total. The van der Waals surface area contributed by atoms with Crippen molar-refractivity contribution in [2.75, 3.05) is 38.8 Å². The average molecular weight is 447 g/mol. The number of anilines is 1. The van der Waals surface area contributed by atoms with Crippen molar-refractivity contribution >= 4 is 11.6 Å². The molecule has 3 heterocycles. The SMILES string of the molecule is COc1ccc(C#Cc2ccc3c(c2)[C@H]2[C@@H](CCN2C(=O)C2CCOCC2)[C@@H](CO)N3)cc1. The number of benzene rings is 2. The molecule has 0 aliphatic carbocycles. The lowest BCUT2D eigenvalue weighted by atomic mass is 9.82. The molecule has 0 radical (unpaired) electrons. The number of carbonyl (C=O) groups is 1. The number of nitrogens with zero attached hydrogens (tertiary/aromatic N) is 1. The van der Waals surface area contributed by atoms with Gasteiger partial charge in [0.05, 0.1) is 25.8 Å². The summed E-state index contributed by atoms with van der Waals surface area (Å²) < 4.78 is 10.7. The van der Waals surface area contributed by atoms with Crippen LogP contribution in [0.4, 0.5) is 5.69 Å². The van der Waals surface area contributed by atoms with E-state index in [4.69, 9.17) is 9.47 Å². The molecule has 2 aromatic carbocycles. The van der Waals surface area contributed by atoms with Gasteiger partial charge in [-0.2, -0.15) is 0 Å². The summed E-state index contributed by atoms with van der Waals surface area (Å²) in [4.78, 5) is 15.5. The first kappa shape index (κ1) is 21.8. The van der Waals surface area contributed by atoms with Gasteiger partial charge >= 0.3 is 0 Å². The summed E-state index contributed by atoms with van der Waals surface area (Å²) in [5.74, 6) is 7.75. The third-order valence-electron chi connectivity index (χ3n) is 7.16. The maximum Gasteiger partial charge on any atom is 0.226 e. The number of methoxy groups -OCH3 is 1. The molecular weight excluding hydrogens is 416 g/mol. The average Bonchev–Trinajstić information content (AvgIpc) is 3.33. The number of likely N-dealkylation sites (tertiary alicyclic amines) is 1. The normalized spacial score (nSPS) is 24.2. The number of nitrogens with one attached hydrogen (secondary N) is 1. The van der Waals surface area contributed by atoms with Crippen molar-refractivity contribution in [2.45, 2.75) is 31.3 Å². The van der Waals surface area contributed by atoms with Crippen LogP contribution in [0.15, 0.2) is 42.5 Å². The summed E-state index contributed by atoms with van der Waals surface area (Å²) in [7, 11) is 1.65. The maximum absolute atomic E-state index is 13.5. The topological polar surface area (TPSA) is 71.0 Å². The number of carbonyl (C=O) groups excluding carboxylic acids is 1. The minimum absolute atomic E-state index is 0.0291. The zero-order chi connectivity index (χ0) is 22.8. The van der Waals surface area contributed by atoms with Crippen LogP contribution in [0.5, 0.6) is 5.75 Å². The Balaban J connectivity index is 1.45. The number of fused-ring (bicyclic) bond motifs is 3. The van der Waals surface area contributed by atoms with Gasteiger partial charge in [0, 0.05) is 48.4 Å². The van der Waals surface area contributed by atoms with Crippen molar-refractivity contribution in [3.63, 3.8) is 0 Å². The van der Waals surface area contributed by atoms with E-state index in [0.29, 0.717) is 13.2 Å². The number of amides is 1. The second kappa shape index (κ2) is 9.46. The molecule has 3 aliphatic rings. The van der Waals surface area contributed by atoms with Gasteiger partial charge in [-0.15, -0.1) is 0 Å². The molecule has 6 nitrogen and oxygen atoms in total. The van der Waals surface area contributed by atoms with Crippen molar-refractivity contribution in [3.8, 4) is 17.6 Å². The first-order valence-electron chi connectivity index (χ1n) is 11.7. The minimum Gasteiger partial charge on any atom is -0.497 e. The fraction of sp³-hybridized carbons (Fsp3) is 0.444. The van der Waals surface area contributed by atoms with E-state index in [-0.39, 0.29) is 36.4 Å². The van der Waals surface area contributed by atoms with E-state index in [1.54, 1.807) is 7.11 Å². The largest absolute Gasteiger partial charge is 0.497 e. The van der Waals surface area contributed by atoms with E-state index < -0.39 is 0 Å². The van der Waals surface area contributed by atoms with Crippen LogP contribution in [0.25, 0.3) is 0 Å². The van der Waals surface area contributed by atoms with Gasteiger partial charge in [0.15, 0.2) is 0 Å². The van der Waals surface area contributed by atoms with Crippen LogP contribution in [0, 0.1) is 23.7 Å². The van der Waals surface area contributed by atoms with E-state index in [0.717, 1.165) is 53.9 Å². The lowest BCUT2D eigenvalue weighted by Crippen LogP contribution is -2.44. The highest BCUT2D eigenvalue weighted by Gasteiger charge is 2.46. The third-order valence-corrected chi connectivity index (χ3v) is 7.16. The van der Waals surface area contributed by atoms with Gasteiger partial charge in [0.25, 0.3) is 0 Å². The van der Waals surface area contributed by atoms with Gasteiger partial charge in [-0.3, -0.25) is 4.79 Å².